The summed E-state index contributed by atoms with van der Waals surface area (Å²) in [6.07, 6.45) is 3.08. The van der Waals surface area contributed by atoms with Crippen LogP contribution in [0.2, 0.25) is 0 Å². The number of benzene rings is 2. The highest BCUT2D eigenvalue weighted by atomic mass is 16.4. The number of carbonyl (C=O) groups is 2. The Morgan fingerprint density at radius 1 is 1.14 bits per heavy atom. The average Bonchev–Trinajstić information content (AvgIpc) is 2.74. The van der Waals surface area contributed by atoms with Gasteiger partial charge in [0.25, 0.3) is 5.91 Å². The molecular formula is C22H21N3O3. The van der Waals surface area contributed by atoms with E-state index in [9.17, 15) is 9.59 Å². The Hall–Kier alpha value is -3.43. The molecule has 1 aliphatic rings. The number of carbonyl (C=O) groups excluding carboxylic acids is 1. The summed E-state index contributed by atoms with van der Waals surface area (Å²) in [7, 11) is 0. The molecule has 142 valence electrons. The van der Waals surface area contributed by atoms with E-state index in [1.807, 2.05) is 36.4 Å². The highest BCUT2D eigenvalue weighted by Gasteiger charge is 2.19. The Morgan fingerprint density at radius 3 is 2.36 bits per heavy atom. The van der Waals surface area contributed by atoms with Crippen LogP contribution in [0.1, 0.15) is 33.5 Å². The van der Waals surface area contributed by atoms with Crippen molar-refractivity contribution >= 4 is 17.4 Å². The highest BCUT2D eigenvalue weighted by Crippen LogP contribution is 2.24. The second-order valence-electron chi connectivity index (χ2n) is 6.77. The zero-order valence-corrected chi connectivity index (χ0v) is 15.3. The van der Waals surface area contributed by atoms with Crippen molar-refractivity contribution in [2.24, 2.45) is 5.73 Å². The number of nitrogens with zero attached hydrogens (tertiary/aromatic N) is 2. The maximum absolute atomic E-state index is 12.6. The van der Waals surface area contributed by atoms with E-state index in [0.717, 1.165) is 23.1 Å². The Balaban J connectivity index is 1.63. The number of hydrogen-bond acceptors (Lipinski definition) is 4. The molecule has 3 rings (SSSR count). The molecule has 0 fully saturated rings. The van der Waals surface area contributed by atoms with E-state index in [4.69, 9.17) is 16.1 Å². The van der Waals surface area contributed by atoms with Crippen LogP contribution >= 0.6 is 0 Å². The van der Waals surface area contributed by atoms with Crippen LogP contribution < -0.4 is 5.73 Å². The second-order valence-corrected chi connectivity index (χ2v) is 6.77. The predicted molar refractivity (Wildman–Crippen MR) is 105 cm³/mol. The Bertz CT molecular complexity index is 940. The number of nitriles is 1. The summed E-state index contributed by atoms with van der Waals surface area (Å²) in [5.74, 6) is -1.05. The molecule has 6 nitrogen and oxygen atoms in total. The molecule has 0 unspecified atom stereocenters. The van der Waals surface area contributed by atoms with Gasteiger partial charge >= 0.3 is 5.97 Å². The van der Waals surface area contributed by atoms with Gasteiger partial charge in [0.2, 0.25) is 0 Å². The number of aliphatic carboxylic acids is 1. The lowest BCUT2D eigenvalue weighted by Crippen LogP contribution is -2.34. The van der Waals surface area contributed by atoms with Gasteiger partial charge in [0.1, 0.15) is 6.04 Å². The summed E-state index contributed by atoms with van der Waals surface area (Å²) in [6, 6.07) is 15.5. The number of nitrogens with two attached hydrogens (primary N) is 1. The molecule has 3 N–H and O–H groups in total. The molecule has 0 spiro atoms. The molecule has 0 saturated carbocycles. The molecule has 0 bridgehead atoms. The first-order valence-corrected chi connectivity index (χ1v) is 9.04. The first kappa shape index (κ1) is 19.3. The van der Waals surface area contributed by atoms with Crippen LogP contribution in [0.4, 0.5) is 0 Å². The smallest absolute Gasteiger partial charge is 0.320 e. The number of carboxylic acids is 1. The van der Waals surface area contributed by atoms with Gasteiger partial charge in [-0.05, 0) is 53.8 Å². The van der Waals surface area contributed by atoms with E-state index in [1.165, 1.54) is 0 Å². The van der Waals surface area contributed by atoms with Gasteiger partial charge in [-0.25, -0.2) is 0 Å². The highest BCUT2D eigenvalue weighted by molar-refractivity contribution is 5.95. The van der Waals surface area contributed by atoms with Gasteiger partial charge in [-0.3, -0.25) is 9.59 Å². The van der Waals surface area contributed by atoms with Gasteiger partial charge < -0.3 is 15.7 Å². The third kappa shape index (κ3) is 4.45. The number of amides is 1. The number of rotatable bonds is 5. The van der Waals surface area contributed by atoms with E-state index < -0.39 is 12.0 Å². The molecule has 0 radical (unpaired) electrons. The zero-order valence-electron chi connectivity index (χ0n) is 15.3. The fraction of sp³-hybridized carbons (Fsp3) is 0.227. The molecule has 0 saturated heterocycles. The molecule has 1 aliphatic heterocycles. The summed E-state index contributed by atoms with van der Waals surface area (Å²) >= 11 is 0. The summed E-state index contributed by atoms with van der Waals surface area (Å²) in [5, 5.41) is 17.8. The third-order valence-corrected chi connectivity index (χ3v) is 4.85. The molecule has 1 atom stereocenters. The van der Waals surface area contributed by atoms with E-state index in [2.05, 4.69) is 0 Å². The van der Waals surface area contributed by atoms with Crippen LogP contribution in [-0.2, 0) is 11.2 Å². The Labute approximate surface area is 163 Å². The maximum Gasteiger partial charge on any atom is 0.320 e. The van der Waals surface area contributed by atoms with Crippen LogP contribution in [0.5, 0.6) is 0 Å². The molecule has 2 aromatic rings. The van der Waals surface area contributed by atoms with Gasteiger partial charge in [-0.2, -0.15) is 5.26 Å². The predicted octanol–water partition coefficient (Wildman–Crippen LogP) is 2.44. The van der Waals surface area contributed by atoms with E-state index in [0.29, 0.717) is 30.6 Å². The fourth-order valence-electron chi connectivity index (χ4n) is 3.18. The monoisotopic (exact) mass is 375 g/mol. The van der Waals surface area contributed by atoms with Crippen LogP contribution in [0.3, 0.4) is 0 Å². The lowest BCUT2D eigenvalue weighted by Gasteiger charge is -2.27. The van der Waals surface area contributed by atoms with Gasteiger partial charge in [0.15, 0.2) is 0 Å². The van der Waals surface area contributed by atoms with Crippen LogP contribution in [-0.4, -0.2) is 41.0 Å². The fourth-order valence-corrected chi connectivity index (χ4v) is 3.18. The maximum atomic E-state index is 12.6. The topological polar surface area (TPSA) is 107 Å². The molecule has 2 aromatic carbocycles. The molecule has 6 heteroatoms. The van der Waals surface area contributed by atoms with Crippen molar-refractivity contribution in [2.45, 2.75) is 18.9 Å². The molecule has 0 aromatic heterocycles. The lowest BCUT2D eigenvalue weighted by molar-refractivity contribution is -0.138. The molecule has 0 aliphatic carbocycles. The first-order valence-electron chi connectivity index (χ1n) is 9.04. The second kappa shape index (κ2) is 8.51. The quantitative estimate of drug-likeness (QED) is 0.835. The standard InChI is InChI=1S/C22H21N3O3/c23-14-16-3-7-19(8-4-16)21(26)25-11-9-18(10-12-25)17-5-1-15(2-6-17)13-20(24)22(27)28/h1-9,20H,10-13,24H2,(H,27,28)/t20-/m0/s1. The minimum absolute atomic E-state index is 0.0437. The van der Waals surface area contributed by atoms with Crippen molar-refractivity contribution in [1.82, 2.24) is 4.90 Å². The zero-order chi connectivity index (χ0) is 20.1. The van der Waals surface area contributed by atoms with Gasteiger partial charge in [0, 0.05) is 18.7 Å². The van der Waals surface area contributed by atoms with Crippen molar-refractivity contribution in [2.75, 3.05) is 13.1 Å². The lowest BCUT2D eigenvalue weighted by atomic mass is 9.96. The summed E-state index contributed by atoms with van der Waals surface area (Å²) in [6.45, 7) is 1.15. The van der Waals surface area contributed by atoms with E-state index in [1.54, 1.807) is 29.2 Å². The van der Waals surface area contributed by atoms with E-state index >= 15 is 0 Å². The van der Waals surface area contributed by atoms with E-state index in [-0.39, 0.29) is 5.91 Å². The van der Waals surface area contributed by atoms with Crippen LogP contribution in [0.15, 0.2) is 54.6 Å². The van der Waals surface area contributed by atoms with Crippen LogP contribution in [0, 0.1) is 11.3 Å². The number of hydrogen-bond donors (Lipinski definition) is 2. The average molecular weight is 375 g/mol. The van der Waals surface area contributed by atoms with Crippen LogP contribution in [0.25, 0.3) is 5.57 Å². The van der Waals surface area contributed by atoms with Crippen molar-refractivity contribution in [3.63, 3.8) is 0 Å². The SMILES string of the molecule is N#Cc1ccc(C(=O)N2CC=C(c3ccc(C[C@H](N)C(=O)O)cc3)CC2)cc1. The van der Waals surface area contributed by atoms with Crippen molar-refractivity contribution < 1.29 is 14.7 Å². The molecule has 1 heterocycles. The largest absolute Gasteiger partial charge is 0.480 e. The van der Waals surface area contributed by atoms with Crippen molar-refractivity contribution in [3.05, 3.63) is 76.9 Å². The number of carboxylic acid groups (broad SMARTS) is 1. The van der Waals surface area contributed by atoms with Crippen molar-refractivity contribution in [1.29, 1.82) is 5.26 Å². The first-order chi connectivity index (χ1) is 13.5. The Kier molecular flexibility index (Phi) is 5.87. The van der Waals surface area contributed by atoms with Crippen molar-refractivity contribution in [3.8, 4) is 6.07 Å². The van der Waals surface area contributed by atoms with Gasteiger partial charge in [0.05, 0.1) is 11.6 Å². The summed E-state index contributed by atoms with van der Waals surface area (Å²) in [5.41, 5.74) is 9.80. The summed E-state index contributed by atoms with van der Waals surface area (Å²) < 4.78 is 0. The molecular weight excluding hydrogens is 354 g/mol. The Morgan fingerprint density at radius 2 is 1.82 bits per heavy atom. The van der Waals surface area contributed by atoms with Gasteiger partial charge in [-0.1, -0.05) is 30.3 Å². The minimum Gasteiger partial charge on any atom is -0.480 e. The summed E-state index contributed by atoms with van der Waals surface area (Å²) in [4.78, 5) is 25.2. The van der Waals surface area contributed by atoms with Gasteiger partial charge in [-0.15, -0.1) is 0 Å². The molecule has 1 amide bonds. The minimum atomic E-state index is -1.01. The normalized spacial score (nSPS) is 14.7. The third-order valence-electron chi connectivity index (χ3n) is 4.85. The molecule has 28 heavy (non-hydrogen) atoms.